The van der Waals surface area contributed by atoms with Crippen LogP contribution in [0.2, 0.25) is 0 Å². The van der Waals surface area contributed by atoms with Crippen LogP contribution in [0.3, 0.4) is 0 Å². The Morgan fingerprint density at radius 2 is 1.22 bits per heavy atom. The number of nitrogens with two attached hydrogens (primary N) is 1. The second-order valence-electron chi connectivity index (χ2n) is 9.00. The SMILES string of the molecule is CCC(C)C(NC(=O)C(Cc1ccccc1)NC(=O)C(C)N)C(=O)NC(Cc1ccccc1)C(=O)O. The van der Waals surface area contributed by atoms with Crippen LogP contribution in [0.25, 0.3) is 0 Å². The van der Waals surface area contributed by atoms with E-state index in [-0.39, 0.29) is 18.8 Å². The minimum absolute atomic E-state index is 0.101. The molecule has 36 heavy (non-hydrogen) atoms. The van der Waals surface area contributed by atoms with Crippen molar-refractivity contribution >= 4 is 23.7 Å². The van der Waals surface area contributed by atoms with E-state index >= 15 is 0 Å². The summed E-state index contributed by atoms with van der Waals surface area (Å²) in [5.41, 5.74) is 7.26. The van der Waals surface area contributed by atoms with Crippen LogP contribution >= 0.6 is 0 Å². The average molecular weight is 497 g/mol. The van der Waals surface area contributed by atoms with Crippen LogP contribution in [0.5, 0.6) is 0 Å². The molecule has 0 heterocycles. The summed E-state index contributed by atoms with van der Waals surface area (Å²) in [6, 6.07) is 14.2. The molecule has 0 bridgehead atoms. The lowest BCUT2D eigenvalue weighted by atomic mass is 9.96. The Kier molecular flexibility index (Phi) is 11.1. The highest BCUT2D eigenvalue weighted by atomic mass is 16.4. The van der Waals surface area contributed by atoms with Gasteiger partial charge >= 0.3 is 5.97 Å². The lowest BCUT2D eigenvalue weighted by Crippen LogP contribution is -2.59. The Balaban J connectivity index is 2.20. The van der Waals surface area contributed by atoms with E-state index in [2.05, 4.69) is 16.0 Å². The molecule has 194 valence electrons. The van der Waals surface area contributed by atoms with E-state index in [4.69, 9.17) is 5.73 Å². The third kappa shape index (κ3) is 8.81. The topological polar surface area (TPSA) is 151 Å². The molecule has 2 aromatic carbocycles. The average Bonchev–Trinajstić information content (AvgIpc) is 2.86. The molecular formula is C27H36N4O5. The quantitative estimate of drug-likeness (QED) is 0.283. The Hall–Kier alpha value is -3.72. The number of carboxylic acids is 1. The van der Waals surface area contributed by atoms with E-state index in [0.717, 1.165) is 11.1 Å². The first-order valence-electron chi connectivity index (χ1n) is 12.1. The van der Waals surface area contributed by atoms with Gasteiger partial charge in [-0.25, -0.2) is 4.79 Å². The summed E-state index contributed by atoms with van der Waals surface area (Å²) in [5.74, 6) is -3.11. The zero-order valence-corrected chi connectivity index (χ0v) is 20.9. The highest BCUT2D eigenvalue weighted by molar-refractivity contribution is 5.94. The van der Waals surface area contributed by atoms with Gasteiger partial charge in [-0.1, -0.05) is 80.9 Å². The number of hydrogen-bond acceptors (Lipinski definition) is 5. The highest BCUT2D eigenvalue weighted by Crippen LogP contribution is 2.12. The Morgan fingerprint density at radius 1 is 0.750 bits per heavy atom. The summed E-state index contributed by atoms with van der Waals surface area (Å²) >= 11 is 0. The molecule has 2 rings (SSSR count). The number of carboxylic acid groups (broad SMARTS) is 1. The molecule has 0 aliphatic carbocycles. The van der Waals surface area contributed by atoms with E-state index < -0.39 is 47.9 Å². The van der Waals surface area contributed by atoms with Gasteiger partial charge in [0.1, 0.15) is 18.1 Å². The third-order valence-electron chi connectivity index (χ3n) is 6.02. The van der Waals surface area contributed by atoms with Crippen molar-refractivity contribution in [2.24, 2.45) is 11.7 Å². The molecule has 9 nitrogen and oxygen atoms in total. The number of carbonyl (C=O) groups excluding carboxylic acids is 3. The smallest absolute Gasteiger partial charge is 0.326 e. The van der Waals surface area contributed by atoms with Gasteiger partial charge in [0.25, 0.3) is 0 Å². The molecule has 3 amide bonds. The highest BCUT2D eigenvalue weighted by Gasteiger charge is 2.32. The van der Waals surface area contributed by atoms with Crippen molar-refractivity contribution < 1.29 is 24.3 Å². The molecule has 0 radical (unpaired) electrons. The van der Waals surface area contributed by atoms with Gasteiger partial charge in [-0.2, -0.15) is 0 Å². The van der Waals surface area contributed by atoms with Gasteiger partial charge in [-0.15, -0.1) is 0 Å². The predicted octanol–water partition coefficient (Wildman–Crippen LogP) is 1.40. The van der Waals surface area contributed by atoms with Gasteiger partial charge in [0.05, 0.1) is 6.04 Å². The molecule has 0 aromatic heterocycles. The van der Waals surface area contributed by atoms with Gasteiger partial charge in [0, 0.05) is 12.8 Å². The van der Waals surface area contributed by atoms with Crippen molar-refractivity contribution in [2.45, 2.75) is 64.2 Å². The first kappa shape index (κ1) is 28.5. The van der Waals surface area contributed by atoms with Gasteiger partial charge in [-0.05, 0) is 24.0 Å². The second kappa shape index (κ2) is 14.0. The fraction of sp³-hybridized carbons (Fsp3) is 0.407. The number of amides is 3. The van der Waals surface area contributed by atoms with E-state index in [1.165, 1.54) is 6.92 Å². The van der Waals surface area contributed by atoms with E-state index in [1.807, 2.05) is 43.3 Å². The van der Waals surface area contributed by atoms with E-state index in [9.17, 15) is 24.3 Å². The second-order valence-corrected chi connectivity index (χ2v) is 9.00. The van der Waals surface area contributed by atoms with Crippen molar-refractivity contribution in [3.8, 4) is 0 Å². The summed E-state index contributed by atoms with van der Waals surface area (Å²) in [6.45, 7) is 5.18. The van der Waals surface area contributed by atoms with E-state index in [0.29, 0.717) is 6.42 Å². The van der Waals surface area contributed by atoms with Gasteiger partial charge in [0.2, 0.25) is 17.7 Å². The summed E-state index contributed by atoms with van der Waals surface area (Å²) in [5, 5.41) is 17.7. The van der Waals surface area contributed by atoms with Crippen LogP contribution in [0.1, 0.15) is 38.3 Å². The molecule has 9 heteroatoms. The maximum Gasteiger partial charge on any atom is 0.326 e. The Bertz CT molecular complexity index is 1010. The summed E-state index contributed by atoms with van der Waals surface area (Å²) in [6.07, 6.45) is 0.861. The van der Waals surface area contributed by atoms with Crippen molar-refractivity contribution in [1.82, 2.24) is 16.0 Å². The largest absolute Gasteiger partial charge is 0.480 e. The first-order chi connectivity index (χ1) is 17.1. The molecule has 5 unspecified atom stereocenters. The van der Waals surface area contributed by atoms with Crippen molar-refractivity contribution in [3.05, 3.63) is 71.8 Å². The number of carbonyl (C=O) groups is 4. The monoisotopic (exact) mass is 496 g/mol. The molecule has 0 saturated carbocycles. The van der Waals surface area contributed by atoms with Crippen molar-refractivity contribution in [3.63, 3.8) is 0 Å². The molecule has 6 N–H and O–H groups in total. The lowest BCUT2D eigenvalue weighted by Gasteiger charge is -2.28. The number of hydrogen-bond donors (Lipinski definition) is 5. The zero-order chi connectivity index (χ0) is 26.7. The maximum absolute atomic E-state index is 13.3. The Morgan fingerprint density at radius 3 is 1.67 bits per heavy atom. The molecule has 2 aromatic rings. The van der Waals surface area contributed by atoms with Crippen LogP contribution < -0.4 is 21.7 Å². The Labute approximate surface area is 211 Å². The number of nitrogens with one attached hydrogen (secondary N) is 3. The van der Waals surface area contributed by atoms with Gasteiger partial charge < -0.3 is 26.8 Å². The molecule has 0 aliphatic heterocycles. The minimum atomic E-state index is -1.17. The number of rotatable bonds is 13. The van der Waals surface area contributed by atoms with Crippen LogP contribution in [0.15, 0.2) is 60.7 Å². The molecular weight excluding hydrogens is 460 g/mol. The van der Waals surface area contributed by atoms with Gasteiger partial charge in [0.15, 0.2) is 0 Å². The standard InChI is InChI=1S/C27H36N4O5/c1-4-17(2)23(26(34)30-22(27(35)36)16-20-13-9-6-10-14-20)31-25(33)21(29-24(32)18(3)28)15-19-11-7-5-8-12-19/h5-14,17-18,21-23H,4,15-16,28H2,1-3H3,(H,29,32)(H,30,34)(H,31,33)(H,35,36). The minimum Gasteiger partial charge on any atom is -0.480 e. The maximum atomic E-state index is 13.3. The summed E-state index contributed by atoms with van der Waals surface area (Å²) < 4.78 is 0. The fourth-order valence-corrected chi connectivity index (χ4v) is 3.63. The van der Waals surface area contributed by atoms with Crippen LogP contribution in [-0.4, -0.2) is 53.0 Å². The zero-order valence-electron chi connectivity index (χ0n) is 20.9. The predicted molar refractivity (Wildman–Crippen MR) is 137 cm³/mol. The van der Waals surface area contributed by atoms with Crippen LogP contribution in [-0.2, 0) is 32.0 Å². The summed E-state index contributed by atoms with van der Waals surface area (Å²) in [7, 11) is 0. The van der Waals surface area contributed by atoms with Crippen molar-refractivity contribution in [2.75, 3.05) is 0 Å². The van der Waals surface area contributed by atoms with E-state index in [1.54, 1.807) is 31.2 Å². The molecule has 5 atom stereocenters. The fourth-order valence-electron chi connectivity index (χ4n) is 3.63. The molecule has 0 fully saturated rings. The number of aliphatic carboxylic acids is 1. The lowest BCUT2D eigenvalue weighted by molar-refractivity contribution is -0.142. The summed E-state index contributed by atoms with van der Waals surface area (Å²) in [4.78, 5) is 50.6. The molecule has 0 saturated heterocycles. The van der Waals surface area contributed by atoms with Crippen molar-refractivity contribution in [1.29, 1.82) is 0 Å². The molecule has 0 aliphatic rings. The normalized spacial score (nSPS) is 15.0. The number of benzene rings is 2. The van der Waals surface area contributed by atoms with Gasteiger partial charge in [-0.3, -0.25) is 14.4 Å². The first-order valence-corrected chi connectivity index (χ1v) is 12.1. The van der Waals surface area contributed by atoms with Crippen LogP contribution in [0.4, 0.5) is 0 Å². The molecule has 0 spiro atoms. The van der Waals surface area contributed by atoms with Crippen LogP contribution in [0, 0.1) is 5.92 Å². The third-order valence-corrected chi connectivity index (χ3v) is 6.02.